The highest BCUT2D eigenvalue weighted by atomic mass is 35.5. The summed E-state index contributed by atoms with van der Waals surface area (Å²) in [6, 6.07) is 1.79. The molecule has 0 unspecified atom stereocenters. The van der Waals surface area contributed by atoms with Gasteiger partial charge in [0.15, 0.2) is 0 Å². The van der Waals surface area contributed by atoms with E-state index in [0.29, 0.717) is 9.21 Å². The average molecular weight is 271 g/mol. The highest BCUT2D eigenvalue weighted by Gasteiger charge is 2.25. The van der Waals surface area contributed by atoms with Crippen LogP contribution in [-0.2, 0) is 0 Å². The SMILES string of the molecule is C[Si](C)(C)c1cc(Cl)sc1C(=O)O.Cl. The number of halogens is 2. The van der Waals surface area contributed by atoms with Crippen molar-refractivity contribution < 1.29 is 9.90 Å². The molecule has 1 aromatic heterocycles. The lowest BCUT2D eigenvalue weighted by atomic mass is 10.5. The predicted octanol–water partition coefficient (Wildman–Crippen LogP) is 3.07. The van der Waals surface area contributed by atoms with Gasteiger partial charge in [0.25, 0.3) is 0 Å². The third kappa shape index (κ3) is 2.98. The molecular formula is C8H12Cl2O2SSi. The van der Waals surface area contributed by atoms with Crippen LogP contribution >= 0.6 is 35.3 Å². The van der Waals surface area contributed by atoms with E-state index in [1.165, 1.54) is 0 Å². The zero-order chi connectivity index (χ0) is 10.2. The standard InChI is InChI=1S/C8H11ClO2SSi.ClH/c1-13(2,3)5-4-6(9)12-7(5)8(10)11;/h4H,1-3H3,(H,10,11);1H. The van der Waals surface area contributed by atoms with Crippen LogP contribution in [0.4, 0.5) is 0 Å². The Morgan fingerprint density at radius 2 is 2.00 bits per heavy atom. The van der Waals surface area contributed by atoms with Crippen LogP contribution in [0.5, 0.6) is 0 Å². The van der Waals surface area contributed by atoms with Crippen LogP contribution in [0, 0.1) is 0 Å². The highest BCUT2D eigenvalue weighted by molar-refractivity contribution is 7.20. The smallest absolute Gasteiger partial charge is 0.345 e. The molecule has 0 aliphatic heterocycles. The first-order valence-corrected chi connectivity index (χ1v) is 8.55. The molecule has 80 valence electrons. The summed E-state index contributed by atoms with van der Waals surface area (Å²) in [4.78, 5) is 11.3. The van der Waals surface area contributed by atoms with Gasteiger partial charge in [0.05, 0.1) is 12.4 Å². The molecule has 1 rings (SSSR count). The van der Waals surface area contributed by atoms with Crippen molar-refractivity contribution in [3.05, 3.63) is 15.3 Å². The van der Waals surface area contributed by atoms with Gasteiger partial charge in [0, 0.05) is 0 Å². The minimum atomic E-state index is -1.57. The fourth-order valence-electron chi connectivity index (χ4n) is 1.08. The number of aromatic carboxylic acids is 1. The predicted molar refractivity (Wildman–Crippen MR) is 66.5 cm³/mol. The highest BCUT2D eigenvalue weighted by Crippen LogP contribution is 2.22. The molecule has 0 aromatic carbocycles. The van der Waals surface area contributed by atoms with Gasteiger partial charge in [0.2, 0.25) is 0 Å². The number of thiophene rings is 1. The van der Waals surface area contributed by atoms with Crippen molar-refractivity contribution in [2.24, 2.45) is 0 Å². The maximum atomic E-state index is 10.9. The summed E-state index contributed by atoms with van der Waals surface area (Å²) in [6.45, 7) is 6.33. The van der Waals surface area contributed by atoms with E-state index in [-0.39, 0.29) is 12.4 Å². The van der Waals surface area contributed by atoms with E-state index in [1.54, 1.807) is 6.07 Å². The Labute approximate surface area is 99.3 Å². The first-order chi connectivity index (χ1) is 5.82. The van der Waals surface area contributed by atoms with Gasteiger partial charge in [-0.15, -0.1) is 23.7 Å². The number of carboxylic acids is 1. The number of carbonyl (C=O) groups is 1. The Hall–Kier alpha value is -0.0331. The molecule has 0 atom stereocenters. The molecule has 0 saturated carbocycles. The monoisotopic (exact) mass is 270 g/mol. The Balaban J connectivity index is 0.00000169. The second-order valence-electron chi connectivity index (χ2n) is 3.85. The minimum absolute atomic E-state index is 0. The molecule has 0 saturated heterocycles. The Bertz CT molecular complexity index is 344. The maximum absolute atomic E-state index is 10.9. The summed E-state index contributed by atoms with van der Waals surface area (Å²) in [7, 11) is -1.57. The van der Waals surface area contributed by atoms with Crippen molar-refractivity contribution in [3.63, 3.8) is 0 Å². The van der Waals surface area contributed by atoms with Gasteiger partial charge in [0.1, 0.15) is 4.88 Å². The fraction of sp³-hybridized carbons (Fsp3) is 0.375. The molecule has 1 heterocycles. The van der Waals surface area contributed by atoms with Gasteiger partial charge in [-0.05, 0) is 11.3 Å². The quantitative estimate of drug-likeness (QED) is 0.839. The lowest BCUT2D eigenvalue weighted by Crippen LogP contribution is -2.39. The summed E-state index contributed by atoms with van der Waals surface area (Å²) in [5, 5.41) is 9.86. The zero-order valence-electron chi connectivity index (χ0n) is 8.13. The van der Waals surface area contributed by atoms with E-state index in [1.807, 2.05) is 0 Å². The van der Waals surface area contributed by atoms with Gasteiger partial charge in [-0.3, -0.25) is 0 Å². The molecule has 0 aliphatic rings. The van der Waals surface area contributed by atoms with Crippen molar-refractivity contribution in [2.45, 2.75) is 19.6 Å². The maximum Gasteiger partial charge on any atom is 0.345 e. The van der Waals surface area contributed by atoms with Crippen molar-refractivity contribution >= 4 is 54.6 Å². The van der Waals surface area contributed by atoms with Crippen LogP contribution in [0.1, 0.15) is 9.67 Å². The largest absolute Gasteiger partial charge is 0.477 e. The van der Waals surface area contributed by atoms with Crippen LogP contribution < -0.4 is 5.19 Å². The van der Waals surface area contributed by atoms with Crippen LogP contribution in [-0.4, -0.2) is 19.1 Å². The normalized spacial score (nSPS) is 10.9. The molecule has 0 bridgehead atoms. The van der Waals surface area contributed by atoms with Crippen molar-refractivity contribution in [1.29, 1.82) is 0 Å². The van der Waals surface area contributed by atoms with Crippen molar-refractivity contribution in [1.82, 2.24) is 0 Å². The molecule has 1 aromatic rings. The summed E-state index contributed by atoms with van der Waals surface area (Å²) in [6.07, 6.45) is 0. The summed E-state index contributed by atoms with van der Waals surface area (Å²) < 4.78 is 0.565. The zero-order valence-corrected chi connectivity index (χ0v) is 11.5. The average Bonchev–Trinajstić information content (AvgIpc) is 2.29. The van der Waals surface area contributed by atoms with Gasteiger partial charge >= 0.3 is 5.97 Å². The second kappa shape index (κ2) is 4.66. The fourth-order valence-corrected chi connectivity index (χ4v) is 4.68. The van der Waals surface area contributed by atoms with E-state index in [0.717, 1.165) is 16.5 Å². The molecule has 0 aliphatic carbocycles. The van der Waals surface area contributed by atoms with Crippen molar-refractivity contribution in [3.8, 4) is 0 Å². The molecule has 0 fully saturated rings. The number of hydrogen-bond donors (Lipinski definition) is 1. The summed E-state index contributed by atoms with van der Waals surface area (Å²) in [5.41, 5.74) is 0. The van der Waals surface area contributed by atoms with E-state index in [4.69, 9.17) is 16.7 Å². The van der Waals surface area contributed by atoms with Crippen LogP contribution in [0.15, 0.2) is 6.07 Å². The van der Waals surface area contributed by atoms with E-state index in [9.17, 15) is 4.79 Å². The van der Waals surface area contributed by atoms with Gasteiger partial charge in [-0.2, -0.15) is 0 Å². The molecule has 2 nitrogen and oxygen atoms in total. The number of rotatable bonds is 2. The van der Waals surface area contributed by atoms with E-state index >= 15 is 0 Å². The molecule has 0 spiro atoms. The number of carboxylic acid groups (broad SMARTS) is 1. The first kappa shape index (κ1) is 14.0. The Morgan fingerprint density at radius 1 is 1.50 bits per heavy atom. The molecule has 1 N–H and O–H groups in total. The second-order valence-corrected chi connectivity index (χ2v) is 10.6. The molecule has 14 heavy (non-hydrogen) atoms. The van der Waals surface area contributed by atoms with Gasteiger partial charge < -0.3 is 5.11 Å². The van der Waals surface area contributed by atoms with Gasteiger partial charge in [-0.1, -0.05) is 31.2 Å². The van der Waals surface area contributed by atoms with E-state index < -0.39 is 14.0 Å². The van der Waals surface area contributed by atoms with Crippen LogP contribution in [0.2, 0.25) is 24.0 Å². The minimum Gasteiger partial charge on any atom is -0.477 e. The summed E-state index contributed by atoms with van der Waals surface area (Å²) >= 11 is 6.94. The lowest BCUT2D eigenvalue weighted by molar-refractivity contribution is 0.0703. The van der Waals surface area contributed by atoms with Crippen molar-refractivity contribution in [2.75, 3.05) is 0 Å². The third-order valence-electron chi connectivity index (χ3n) is 1.70. The van der Waals surface area contributed by atoms with Crippen LogP contribution in [0.25, 0.3) is 0 Å². The number of hydrogen-bond acceptors (Lipinski definition) is 2. The summed E-state index contributed by atoms with van der Waals surface area (Å²) in [5.74, 6) is -0.866. The molecular weight excluding hydrogens is 259 g/mol. The lowest BCUT2D eigenvalue weighted by Gasteiger charge is -2.14. The molecule has 0 radical (unpaired) electrons. The first-order valence-electron chi connectivity index (χ1n) is 3.85. The Morgan fingerprint density at radius 3 is 2.29 bits per heavy atom. The Kier molecular flexibility index (Phi) is 4.65. The van der Waals surface area contributed by atoms with Crippen LogP contribution in [0.3, 0.4) is 0 Å². The molecule has 0 amide bonds. The topological polar surface area (TPSA) is 37.3 Å². The van der Waals surface area contributed by atoms with Gasteiger partial charge in [-0.25, -0.2) is 4.79 Å². The molecule has 6 heteroatoms. The third-order valence-corrected chi connectivity index (χ3v) is 5.15. The van der Waals surface area contributed by atoms with E-state index in [2.05, 4.69) is 19.6 Å².